The number of imidazole rings is 1. The van der Waals surface area contributed by atoms with Crippen LogP contribution in [0.3, 0.4) is 0 Å². The molecule has 0 unspecified atom stereocenters. The summed E-state index contributed by atoms with van der Waals surface area (Å²) in [6.45, 7) is 2.61. The van der Waals surface area contributed by atoms with Crippen LogP contribution in [0.25, 0.3) is 5.65 Å². The number of ether oxygens (including phenoxy) is 1. The summed E-state index contributed by atoms with van der Waals surface area (Å²) in [6.07, 6.45) is 3.87. The van der Waals surface area contributed by atoms with Crippen molar-refractivity contribution in [3.63, 3.8) is 0 Å². The zero-order valence-corrected chi connectivity index (χ0v) is 18.9. The van der Waals surface area contributed by atoms with Gasteiger partial charge in [-0.15, -0.1) is 0 Å². The van der Waals surface area contributed by atoms with Gasteiger partial charge >= 0.3 is 0 Å². The van der Waals surface area contributed by atoms with Crippen molar-refractivity contribution in [3.8, 4) is 5.75 Å². The minimum Gasteiger partial charge on any atom is -0.486 e. The number of hydrogen-bond donors (Lipinski definition) is 1. The molecule has 7 nitrogen and oxygen atoms in total. The van der Waals surface area contributed by atoms with E-state index < -0.39 is 0 Å². The number of carbonyl (C=O) groups is 2. The maximum absolute atomic E-state index is 12.8. The first-order chi connectivity index (χ1) is 15.9. The van der Waals surface area contributed by atoms with Gasteiger partial charge in [-0.25, -0.2) is 4.98 Å². The van der Waals surface area contributed by atoms with E-state index in [0.29, 0.717) is 23.4 Å². The van der Waals surface area contributed by atoms with Gasteiger partial charge in [0.2, 0.25) is 0 Å². The van der Waals surface area contributed by atoms with E-state index in [2.05, 4.69) is 10.3 Å². The first-order valence-electron chi connectivity index (χ1n) is 10.7. The van der Waals surface area contributed by atoms with Crippen LogP contribution in [0.1, 0.15) is 37.5 Å². The van der Waals surface area contributed by atoms with E-state index in [1.165, 1.54) is 4.90 Å². The Morgan fingerprint density at radius 2 is 1.79 bits per heavy atom. The fraction of sp³-hybridized carbons (Fsp3) is 0.192. The molecule has 0 bridgehead atoms. The quantitative estimate of drug-likeness (QED) is 0.472. The number of fused-ring (bicyclic) bond motifs is 1. The summed E-state index contributed by atoms with van der Waals surface area (Å²) in [6, 6.07) is 18.3. The second-order valence-electron chi connectivity index (χ2n) is 8.02. The molecular weight excluding hydrogens is 416 g/mol. The number of aromatic nitrogens is 2. The SMILES string of the molecule is Cc1cccn2cc(COc3ccccc3C(=O)NCc3ccc(C(=O)N(C)C)cc3)nc12. The molecule has 2 aromatic carbocycles. The van der Waals surface area contributed by atoms with Crippen LogP contribution in [0.5, 0.6) is 5.75 Å². The molecule has 0 saturated carbocycles. The third kappa shape index (κ3) is 5.03. The number of para-hydroxylation sites is 1. The lowest BCUT2D eigenvalue weighted by molar-refractivity contribution is 0.0827. The van der Waals surface area contributed by atoms with Crippen LogP contribution in [-0.4, -0.2) is 40.2 Å². The monoisotopic (exact) mass is 442 g/mol. The molecule has 0 aliphatic carbocycles. The van der Waals surface area contributed by atoms with Crippen molar-refractivity contribution >= 4 is 17.5 Å². The third-order valence-corrected chi connectivity index (χ3v) is 5.30. The molecule has 168 valence electrons. The average Bonchev–Trinajstić information content (AvgIpc) is 3.26. The number of amides is 2. The van der Waals surface area contributed by atoms with E-state index in [4.69, 9.17) is 4.74 Å². The van der Waals surface area contributed by atoms with Crippen LogP contribution >= 0.6 is 0 Å². The van der Waals surface area contributed by atoms with Gasteiger partial charge in [0.05, 0.1) is 11.3 Å². The van der Waals surface area contributed by atoms with Gasteiger partial charge < -0.3 is 19.4 Å². The number of rotatable bonds is 7. The highest BCUT2D eigenvalue weighted by atomic mass is 16.5. The summed E-state index contributed by atoms with van der Waals surface area (Å²) in [7, 11) is 3.43. The highest BCUT2D eigenvalue weighted by molar-refractivity contribution is 5.97. The molecule has 7 heteroatoms. The van der Waals surface area contributed by atoms with E-state index in [1.807, 2.05) is 54.0 Å². The van der Waals surface area contributed by atoms with Gasteiger partial charge in [0.25, 0.3) is 11.8 Å². The maximum Gasteiger partial charge on any atom is 0.255 e. The largest absolute Gasteiger partial charge is 0.486 e. The Hall–Kier alpha value is -4.13. The molecule has 4 rings (SSSR count). The van der Waals surface area contributed by atoms with Gasteiger partial charge in [0.15, 0.2) is 0 Å². The lowest BCUT2D eigenvalue weighted by atomic mass is 10.1. The first-order valence-corrected chi connectivity index (χ1v) is 10.7. The van der Waals surface area contributed by atoms with Crippen molar-refractivity contribution in [3.05, 3.63) is 101 Å². The lowest BCUT2D eigenvalue weighted by Gasteiger charge is -2.12. The second-order valence-corrected chi connectivity index (χ2v) is 8.02. The van der Waals surface area contributed by atoms with Crippen molar-refractivity contribution in [2.75, 3.05) is 14.1 Å². The zero-order chi connectivity index (χ0) is 23.4. The number of aryl methyl sites for hydroxylation is 1. The third-order valence-electron chi connectivity index (χ3n) is 5.30. The van der Waals surface area contributed by atoms with E-state index in [1.54, 1.807) is 44.4 Å². The Morgan fingerprint density at radius 3 is 2.52 bits per heavy atom. The number of hydrogen-bond acceptors (Lipinski definition) is 4. The van der Waals surface area contributed by atoms with Crippen molar-refractivity contribution in [2.45, 2.75) is 20.1 Å². The zero-order valence-electron chi connectivity index (χ0n) is 18.9. The number of carbonyl (C=O) groups excluding carboxylic acids is 2. The van der Waals surface area contributed by atoms with E-state index in [-0.39, 0.29) is 18.4 Å². The van der Waals surface area contributed by atoms with Gasteiger partial charge in [-0.05, 0) is 48.4 Å². The molecule has 4 aromatic rings. The standard InChI is InChI=1S/C26H26N4O3/c1-18-7-6-14-30-16-21(28-24(18)30)17-33-23-9-5-4-8-22(23)25(31)27-15-19-10-12-20(13-11-19)26(32)29(2)3/h4-14,16H,15,17H2,1-3H3,(H,27,31). The summed E-state index contributed by atoms with van der Waals surface area (Å²) in [5, 5.41) is 2.92. The predicted molar refractivity (Wildman–Crippen MR) is 126 cm³/mol. The highest BCUT2D eigenvalue weighted by Gasteiger charge is 2.13. The van der Waals surface area contributed by atoms with Gasteiger partial charge in [-0.1, -0.05) is 30.3 Å². The molecule has 0 fully saturated rings. The molecule has 0 radical (unpaired) electrons. The summed E-state index contributed by atoms with van der Waals surface area (Å²) >= 11 is 0. The molecule has 1 N–H and O–H groups in total. The molecule has 0 aliphatic heterocycles. The van der Waals surface area contributed by atoms with Crippen molar-refractivity contribution < 1.29 is 14.3 Å². The van der Waals surface area contributed by atoms with E-state index >= 15 is 0 Å². The molecule has 0 saturated heterocycles. The summed E-state index contributed by atoms with van der Waals surface area (Å²) in [4.78, 5) is 31.0. The van der Waals surface area contributed by atoms with Gasteiger partial charge in [-0.3, -0.25) is 9.59 Å². The Morgan fingerprint density at radius 1 is 1.03 bits per heavy atom. The van der Waals surface area contributed by atoms with Crippen LogP contribution in [0.15, 0.2) is 73.1 Å². The average molecular weight is 443 g/mol. The van der Waals surface area contributed by atoms with Crippen LogP contribution in [0.4, 0.5) is 0 Å². The van der Waals surface area contributed by atoms with Gasteiger partial charge in [0.1, 0.15) is 18.0 Å². The predicted octanol–water partition coefficient (Wildman–Crippen LogP) is 3.85. The fourth-order valence-corrected chi connectivity index (χ4v) is 3.51. The van der Waals surface area contributed by atoms with Crippen molar-refractivity contribution in [1.82, 2.24) is 19.6 Å². The van der Waals surface area contributed by atoms with Crippen LogP contribution < -0.4 is 10.1 Å². The summed E-state index contributed by atoms with van der Waals surface area (Å²) in [5.41, 5.74) is 4.72. The van der Waals surface area contributed by atoms with Gasteiger partial charge in [-0.2, -0.15) is 0 Å². The molecule has 0 aliphatic rings. The van der Waals surface area contributed by atoms with E-state index in [0.717, 1.165) is 22.5 Å². The Labute approximate surface area is 192 Å². The number of nitrogens with zero attached hydrogens (tertiary/aromatic N) is 3. The van der Waals surface area contributed by atoms with Gasteiger partial charge in [0, 0.05) is 38.6 Å². The molecular formula is C26H26N4O3. The van der Waals surface area contributed by atoms with Crippen LogP contribution in [0.2, 0.25) is 0 Å². The van der Waals surface area contributed by atoms with Crippen molar-refractivity contribution in [2.24, 2.45) is 0 Å². The molecule has 2 amide bonds. The fourth-order valence-electron chi connectivity index (χ4n) is 3.51. The smallest absolute Gasteiger partial charge is 0.255 e. The molecule has 2 aromatic heterocycles. The molecule has 0 atom stereocenters. The Bertz CT molecular complexity index is 1290. The topological polar surface area (TPSA) is 75.9 Å². The minimum absolute atomic E-state index is 0.0579. The minimum atomic E-state index is -0.232. The molecule has 33 heavy (non-hydrogen) atoms. The highest BCUT2D eigenvalue weighted by Crippen LogP contribution is 2.20. The first kappa shape index (κ1) is 22.1. The lowest BCUT2D eigenvalue weighted by Crippen LogP contribution is -2.24. The Balaban J connectivity index is 1.40. The number of pyridine rings is 1. The summed E-state index contributed by atoms with van der Waals surface area (Å²) < 4.78 is 7.91. The summed E-state index contributed by atoms with van der Waals surface area (Å²) in [5.74, 6) is 0.207. The van der Waals surface area contributed by atoms with Crippen LogP contribution in [0, 0.1) is 6.92 Å². The van der Waals surface area contributed by atoms with Crippen LogP contribution in [-0.2, 0) is 13.2 Å². The number of nitrogens with one attached hydrogen (secondary N) is 1. The second kappa shape index (κ2) is 9.56. The van der Waals surface area contributed by atoms with Crippen molar-refractivity contribution in [1.29, 1.82) is 0 Å². The molecule has 2 heterocycles. The molecule has 0 spiro atoms. The number of benzene rings is 2. The van der Waals surface area contributed by atoms with E-state index in [9.17, 15) is 9.59 Å². The maximum atomic E-state index is 12.8. The Kier molecular flexibility index (Phi) is 6.40. The normalized spacial score (nSPS) is 10.8.